The molecule has 0 amide bonds. The van der Waals surface area contributed by atoms with Crippen molar-refractivity contribution in [2.45, 2.75) is 5.56 Å². The fourth-order valence-corrected chi connectivity index (χ4v) is 1.92. The number of alkyl halides is 1. The molecule has 1 atom stereocenters. The Morgan fingerprint density at radius 3 is 2.05 bits per heavy atom. The van der Waals surface area contributed by atoms with Crippen molar-refractivity contribution in [1.29, 1.82) is 0 Å². The fourth-order valence-electron chi connectivity index (χ4n) is 1.65. The van der Waals surface area contributed by atoms with E-state index in [1.807, 2.05) is 0 Å². The van der Waals surface area contributed by atoms with Crippen LogP contribution in [-0.4, -0.2) is 67.4 Å². The molecule has 0 spiro atoms. The number of hydrogen-bond donors (Lipinski definition) is 0. The van der Waals surface area contributed by atoms with Crippen molar-refractivity contribution < 1.29 is 39.2 Å². The first-order valence-corrected chi connectivity index (χ1v) is 8.49. The molecule has 0 saturated carbocycles. The minimum absolute atomic E-state index is 0.166. The van der Waals surface area contributed by atoms with Gasteiger partial charge in [0.2, 0.25) is 6.34 Å². The van der Waals surface area contributed by atoms with E-state index in [0.29, 0.717) is 0 Å². The van der Waals surface area contributed by atoms with Crippen LogP contribution in [-0.2, 0) is 9.47 Å². The van der Waals surface area contributed by atoms with E-state index in [4.69, 9.17) is 21.1 Å². The summed E-state index contributed by atoms with van der Waals surface area (Å²) in [5, 5.41) is 0. The van der Waals surface area contributed by atoms with Crippen molar-refractivity contribution in [3.63, 3.8) is 0 Å². The summed E-state index contributed by atoms with van der Waals surface area (Å²) in [4.78, 5) is 2.28. The Hall–Kier alpha value is -0.310. The summed E-state index contributed by atoms with van der Waals surface area (Å²) in [6.45, 7) is 6.03. The summed E-state index contributed by atoms with van der Waals surface area (Å²) < 4.78 is 71.9. The molecule has 4 nitrogen and oxygen atoms in total. The average Bonchev–Trinajstić information content (AvgIpc) is 2.26. The van der Waals surface area contributed by atoms with Crippen LogP contribution in [0.25, 0.3) is 0 Å². The molecule has 2 heterocycles. The van der Waals surface area contributed by atoms with Crippen molar-refractivity contribution in [1.82, 2.24) is 4.90 Å². The first-order chi connectivity index (χ1) is 9.29. The Bertz CT molecular complexity index is 372. The van der Waals surface area contributed by atoms with Gasteiger partial charge < -0.3 is 9.47 Å². The summed E-state index contributed by atoms with van der Waals surface area (Å²) in [7, 11) is -10.7. The molecule has 2 saturated heterocycles. The van der Waals surface area contributed by atoms with Gasteiger partial charge in [0.25, 0.3) is 0 Å². The zero-order valence-electron chi connectivity index (χ0n) is 10.9. The van der Waals surface area contributed by atoms with Crippen molar-refractivity contribution in [3.05, 3.63) is 0 Å². The molecule has 0 bridgehead atoms. The maximum atomic E-state index is 9.87. The second kappa shape index (κ2) is 6.06. The standard InChI is InChI=1S/C9H16ClN2O2.F6P/c10-9-7-12(3-6-14-9)8-11-1-4-13-5-2-11;1-7(2,3,4,5)6/h8-9H,1-7H2;/q+1;-1. The summed E-state index contributed by atoms with van der Waals surface area (Å²) in [6, 6.07) is 0. The van der Waals surface area contributed by atoms with Gasteiger partial charge in [-0.1, -0.05) is 11.6 Å². The van der Waals surface area contributed by atoms with Gasteiger partial charge in [-0.25, -0.2) is 0 Å². The van der Waals surface area contributed by atoms with Crippen LogP contribution in [0.3, 0.4) is 0 Å². The molecule has 2 fully saturated rings. The molecule has 21 heavy (non-hydrogen) atoms. The molecular weight excluding hydrogens is 349 g/mol. The summed E-state index contributed by atoms with van der Waals surface area (Å²) in [5.74, 6) is 0. The number of ether oxygens (including phenoxy) is 2. The average molecular weight is 365 g/mol. The Morgan fingerprint density at radius 1 is 1.05 bits per heavy atom. The van der Waals surface area contributed by atoms with Gasteiger partial charge in [-0.2, -0.15) is 0 Å². The van der Waals surface area contributed by atoms with Gasteiger partial charge in [0.15, 0.2) is 5.56 Å². The Morgan fingerprint density at radius 2 is 1.57 bits per heavy atom. The predicted octanol–water partition coefficient (Wildman–Crippen LogP) is 3.34. The molecule has 0 N–H and O–H groups in total. The summed E-state index contributed by atoms with van der Waals surface area (Å²) in [6.07, 6.45) is 2.15. The van der Waals surface area contributed by atoms with Gasteiger partial charge in [-0.15, -0.1) is 0 Å². The third kappa shape index (κ3) is 13.1. The molecule has 0 radical (unpaired) electrons. The van der Waals surface area contributed by atoms with E-state index in [0.717, 1.165) is 46.0 Å². The van der Waals surface area contributed by atoms with E-state index < -0.39 is 7.81 Å². The van der Waals surface area contributed by atoms with Gasteiger partial charge in [0, 0.05) is 0 Å². The molecule has 12 heteroatoms. The van der Waals surface area contributed by atoms with Gasteiger partial charge in [-0.3, -0.25) is 9.48 Å². The quantitative estimate of drug-likeness (QED) is 0.234. The van der Waals surface area contributed by atoms with Gasteiger partial charge in [-0.05, 0) is 0 Å². The second-order valence-electron chi connectivity index (χ2n) is 4.50. The first-order valence-electron chi connectivity index (χ1n) is 6.02. The molecular formula is C9H16ClF6N2O2P. The van der Waals surface area contributed by atoms with Gasteiger partial charge in [0.05, 0.1) is 19.8 Å². The number of hydrogen-bond acceptors (Lipinski definition) is 2. The van der Waals surface area contributed by atoms with Crippen LogP contribution < -0.4 is 0 Å². The SMILES string of the molecule is ClC1C[N+](=CN2CCOCC2)CCO1.F[P-](F)(F)(F)(F)F. The molecule has 1 unspecified atom stereocenters. The number of morpholine rings is 2. The normalized spacial score (nSPS) is 29.2. The molecule has 2 rings (SSSR count). The van der Waals surface area contributed by atoms with Crippen LogP contribution in [0.1, 0.15) is 0 Å². The van der Waals surface area contributed by atoms with E-state index >= 15 is 0 Å². The van der Waals surface area contributed by atoms with Gasteiger partial charge in [0.1, 0.15) is 26.2 Å². The fraction of sp³-hybridized carbons (Fsp3) is 0.889. The monoisotopic (exact) mass is 364 g/mol. The Kier molecular flexibility index (Phi) is 5.41. The van der Waals surface area contributed by atoms with Crippen molar-refractivity contribution in [2.75, 3.05) is 46.0 Å². The number of halogens is 7. The Balaban J connectivity index is 0.000000270. The predicted molar refractivity (Wildman–Crippen MR) is 67.6 cm³/mol. The Labute approximate surface area is 122 Å². The van der Waals surface area contributed by atoms with E-state index in [9.17, 15) is 25.2 Å². The maximum absolute atomic E-state index is 10.7. The van der Waals surface area contributed by atoms with Crippen LogP contribution in [0.15, 0.2) is 0 Å². The molecule has 0 aromatic carbocycles. The first kappa shape index (κ1) is 18.7. The zero-order valence-corrected chi connectivity index (χ0v) is 12.6. The van der Waals surface area contributed by atoms with E-state index in [-0.39, 0.29) is 5.56 Å². The van der Waals surface area contributed by atoms with Crippen LogP contribution in [0.2, 0.25) is 0 Å². The topological polar surface area (TPSA) is 24.7 Å². The number of rotatable bonds is 1. The van der Waals surface area contributed by atoms with Crippen molar-refractivity contribution >= 4 is 25.7 Å². The third-order valence-corrected chi connectivity index (χ3v) is 2.69. The van der Waals surface area contributed by atoms with E-state index in [1.165, 1.54) is 0 Å². The van der Waals surface area contributed by atoms with Crippen molar-refractivity contribution in [2.24, 2.45) is 0 Å². The molecule has 128 valence electrons. The van der Waals surface area contributed by atoms with Gasteiger partial charge >= 0.3 is 33.0 Å². The molecule has 2 aliphatic rings. The second-order valence-corrected chi connectivity index (χ2v) is 6.90. The molecule has 0 aromatic heterocycles. The van der Waals surface area contributed by atoms with Crippen LogP contribution >= 0.6 is 19.4 Å². The third-order valence-electron chi connectivity index (χ3n) is 2.43. The molecule has 0 aliphatic carbocycles. The van der Waals surface area contributed by atoms with Crippen molar-refractivity contribution in [3.8, 4) is 0 Å². The van der Waals surface area contributed by atoms with Crippen LogP contribution in [0.5, 0.6) is 0 Å². The summed E-state index contributed by atoms with van der Waals surface area (Å²) >= 11 is 5.90. The summed E-state index contributed by atoms with van der Waals surface area (Å²) in [5.41, 5.74) is -0.166. The van der Waals surface area contributed by atoms with E-state index in [1.54, 1.807) is 0 Å². The zero-order chi connectivity index (χ0) is 16.2. The van der Waals surface area contributed by atoms with Crippen LogP contribution in [0, 0.1) is 0 Å². The minimum atomic E-state index is -10.7. The number of nitrogens with zero attached hydrogens (tertiary/aromatic N) is 2. The molecule has 2 aliphatic heterocycles. The van der Waals surface area contributed by atoms with Crippen LogP contribution in [0.4, 0.5) is 25.2 Å². The van der Waals surface area contributed by atoms with E-state index in [2.05, 4.69) is 15.8 Å². The molecule has 0 aromatic rings.